The first-order chi connectivity index (χ1) is 9.38. The van der Waals surface area contributed by atoms with Crippen molar-refractivity contribution in [3.63, 3.8) is 0 Å². The molecule has 0 spiro atoms. The maximum Gasteiger partial charge on any atom is 0.326 e. The van der Waals surface area contributed by atoms with Gasteiger partial charge in [-0.3, -0.25) is 5.32 Å². The van der Waals surface area contributed by atoms with E-state index in [9.17, 15) is 9.59 Å². The number of aromatic nitrogens is 1. The highest BCUT2D eigenvalue weighted by atomic mass is 32.1. The molecule has 2 amide bonds. The standard InChI is InChI=1S/C13H21N3O3S/c1-5-7(3)10(11(17)18)15-12(19)16-13-14-9(6-2)8(4)20-13/h7,10H,5-6H2,1-4H3,(H,17,18)(H2,14,15,16,19)/t7-,10-/m0/s1. The zero-order chi connectivity index (χ0) is 15.3. The maximum atomic E-state index is 11.8. The molecule has 3 N–H and O–H groups in total. The average Bonchev–Trinajstić information content (AvgIpc) is 2.74. The number of nitrogens with zero attached hydrogens (tertiary/aromatic N) is 1. The van der Waals surface area contributed by atoms with Crippen molar-refractivity contribution < 1.29 is 14.7 Å². The summed E-state index contributed by atoms with van der Waals surface area (Å²) in [4.78, 5) is 28.3. The van der Waals surface area contributed by atoms with Gasteiger partial charge in [0.2, 0.25) is 0 Å². The number of anilines is 1. The van der Waals surface area contributed by atoms with Crippen molar-refractivity contribution in [2.24, 2.45) is 5.92 Å². The third-order valence-corrected chi connectivity index (χ3v) is 4.14. The van der Waals surface area contributed by atoms with Crippen molar-refractivity contribution in [1.29, 1.82) is 0 Å². The highest BCUT2D eigenvalue weighted by molar-refractivity contribution is 7.15. The van der Waals surface area contributed by atoms with Crippen LogP contribution in [0.2, 0.25) is 0 Å². The molecule has 0 bridgehead atoms. The second kappa shape index (κ2) is 7.23. The van der Waals surface area contributed by atoms with Crippen molar-refractivity contribution in [2.45, 2.75) is 46.6 Å². The van der Waals surface area contributed by atoms with Gasteiger partial charge in [0, 0.05) is 4.88 Å². The Morgan fingerprint density at radius 1 is 1.40 bits per heavy atom. The molecule has 0 unspecified atom stereocenters. The molecule has 0 saturated carbocycles. The first-order valence-corrected chi connectivity index (χ1v) is 7.47. The van der Waals surface area contributed by atoms with Crippen LogP contribution in [0.25, 0.3) is 0 Å². The number of carboxylic acids is 1. The van der Waals surface area contributed by atoms with Crippen molar-refractivity contribution in [3.05, 3.63) is 10.6 Å². The molecule has 0 radical (unpaired) electrons. The Morgan fingerprint density at radius 2 is 2.05 bits per heavy atom. The van der Waals surface area contributed by atoms with E-state index in [2.05, 4.69) is 15.6 Å². The minimum absolute atomic E-state index is 0.137. The predicted octanol–water partition coefficient (Wildman–Crippen LogP) is 2.63. The Morgan fingerprint density at radius 3 is 2.50 bits per heavy atom. The first-order valence-electron chi connectivity index (χ1n) is 6.65. The summed E-state index contributed by atoms with van der Waals surface area (Å²) in [6.45, 7) is 7.62. The van der Waals surface area contributed by atoms with E-state index in [1.54, 1.807) is 6.92 Å². The summed E-state index contributed by atoms with van der Waals surface area (Å²) in [6.07, 6.45) is 1.48. The van der Waals surface area contributed by atoms with Crippen LogP contribution in [-0.2, 0) is 11.2 Å². The van der Waals surface area contributed by atoms with Gasteiger partial charge in [0.05, 0.1) is 5.69 Å². The number of carbonyl (C=O) groups excluding carboxylic acids is 1. The Labute approximate surface area is 122 Å². The summed E-state index contributed by atoms with van der Waals surface area (Å²) in [6, 6.07) is -1.43. The Hall–Kier alpha value is -1.63. The summed E-state index contributed by atoms with van der Waals surface area (Å²) < 4.78 is 0. The molecule has 2 atom stereocenters. The normalized spacial score (nSPS) is 13.6. The molecule has 0 aromatic carbocycles. The van der Waals surface area contributed by atoms with E-state index in [-0.39, 0.29) is 5.92 Å². The van der Waals surface area contributed by atoms with Gasteiger partial charge in [-0.2, -0.15) is 0 Å². The van der Waals surface area contributed by atoms with Gasteiger partial charge in [-0.05, 0) is 19.3 Å². The van der Waals surface area contributed by atoms with Crippen LogP contribution in [-0.4, -0.2) is 28.1 Å². The molecular formula is C13H21N3O3S. The summed E-state index contributed by atoms with van der Waals surface area (Å²) in [5.41, 5.74) is 0.946. The fourth-order valence-corrected chi connectivity index (χ4v) is 2.66. The second-order valence-electron chi connectivity index (χ2n) is 4.68. The van der Waals surface area contributed by atoms with E-state index in [1.807, 2.05) is 20.8 Å². The maximum absolute atomic E-state index is 11.8. The molecule has 1 aromatic heterocycles. The fourth-order valence-electron chi connectivity index (χ4n) is 1.77. The van der Waals surface area contributed by atoms with E-state index < -0.39 is 18.0 Å². The van der Waals surface area contributed by atoms with Gasteiger partial charge in [-0.25, -0.2) is 14.6 Å². The molecule has 0 fully saturated rings. The molecular weight excluding hydrogens is 278 g/mol. The van der Waals surface area contributed by atoms with Gasteiger partial charge in [0.1, 0.15) is 6.04 Å². The number of aliphatic carboxylic acids is 1. The number of nitrogens with one attached hydrogen (secondary N) is 2. The molecule has 0 saturated heterocycles. The largest absolute Gasteiger partial charge is 0.480 e. The van der Waals surface area contributed by atoms with Crippen LogP contribution in [0, 0.1) is 12.8 Å². The molecule has 1 rings (SSSR count). The SMILES string of the molecule is CCc1nc(NC(=O)N[C@H](C(=O)O)[C@@H](C)CC)sc1C. The minimum Gasteiger partial charge on any atom is -0.480 e. The summed E-state index contributed by atoms with van der Waals surface area (Å²) >= 11 is 1.39. The highest BCUT2D eigenvalue weighted by Gasteiger charge is 2.25. The predicted molar refractivity (Wildman–Crippen MR) is 79.3 cm³/mol. The molecule has 6 nitrogen and oxygen atoms in total. The lowest BCUT2D eigenvalue weighted by molar-refractivity contribution is -0.140. The Balaban J connectivity index is 2.68. The molecule has 1 aromatic rings. The number of urea groups is 1. The summed E-state index contributed by atoms with van der Waals surface area (Å²) in [7, 11) is 0. The lowest BCUT2D eigenvalue weighted by Crippen LogP contribution is -2.46. The van der Waals surface area contributed by atoms with Gasteiger partial charge in [0.25, 0.3) is 0 Å². The lowest BCUT2D eigenvalue weighted by Gasteiger charge is -2.19. The van der Waals surface area contributed by atoms with Gasteiger partial charge in [-0.15, -0.1) is 11.3 Å². The number of thiazole rings is 1. The first kappa shape index (κ1) is 16.4. The smallest absolute Gasteiger partial charge is 0.326 e. The van der Waals surface area contributed by atoms with Gasteiger partial charge in [0.15, 0.2) is 5.13 Å². The fraction of sp³-hybridized carbons (Fsp3) is 0.615. The van der Waals surface area contributed by atoms with E-state index >= 15 is 0 Å². The Kier molecular flexibility index (Phi) is 5.94. The Bertz CT molecular complexity index is 487. The van der Waals surface area contributed by atoms with Crippen molar-refractivity contribution in [2.75, 3.05) is 5.32 Å². The molecule has 20 heavy (non-hydrogen) atoms. The van der Waals surface area contributed by atoms with Crippen LogP contribution >= 0.6 is 11.3 Å². The monoisotopic (exact) mass is 299 g/mol. The average molecular weight is 299 g/mol. The quantitative estimate of drug-likeness (QED) is 0.753. The second-order valence-corrected chi connectivity index (χ2v) is 5.88. The number of aryl methyl sites for hydroxylation is 2. The van der Waals surface area contributed by atoms with E-state index in [0.717, 1.165) is 17.0 Å². The third-order valence-electron chi connectivity index (χ3n) is 3.21. The number of hydrogen-bond donors (Lipinski definition) is 3. The van der Waals surface area contributed by atoms with Crippen molar-refractivity contribution in [3.8, 4) is 0 Å². The molecule has 112 valence electrons. The van der Waals surface area contributed by atoms with Crippen LogP contribution in [0.5, 0.6) is 0 Å². The van der Waals surface area contributed by atoms with E-state index in [4.69, 9.17) is 5.11 Å². The van der Waals surface area contributed by atoms with Crippen LogP contribution in [0.3, 0.4) is 0 Å². The summed E-state index contributed by atoms with van der Waals surface area (Å²) in [5.74, 6) is -1.17. The molecule has 0 aliphatic carbocycles. The van der Waals surface area contributed by atoms with E-state index in [0.29, 0.717) is 11.6 Å². The molecule has 0 aliphatic rings. The number of carboxylic acid groups (broad SMARTS) is 1. The zero-order valence-electron chi connectivity index (χ0n) is 12.2. The lowest BCUT2D eigenvalue weighted by atomic mass is 10.00. The number of rotatable bonds is 6. The van der Waals surface area contributed by atoms with Crippen LogP contribution < -0.4 is 10.6 Å². The van der Waals surface area contributed by atoms with Crippen LogP contribution in [0.1, 0.15) is 37.8 Å². The van der Waals surface area contributed by atoms with E-state index in [1.165, 1.54) is 11.3 Å². The highest BCUT2D eigenvalue weighted by Crippen LogP contribution is 2.22. The van der Waals surface area contributed by atoms with Crippen LogP contribution in [0.4, 0.5) is 9.93 Å². The van der Waals surface area contributed by atoms with Crippen molar-refractivity contribution in [1.82, 2.24) is 10.3 Å². The molecule has 7 heteroatoms. The molecule has 0 aliphatic heterocycles. The summed E-state index contributed by atoms with van der Waals surface area (Å²) in [5, 5.41) is 14.7. The van der Waals surface area contributed by atoms with Crippen molar-refractivity contribution >= 4 is 28.5 Å². The zero-order valence-corrected chi connectivity index (χ0v) is 13.0. The molecule has 1 heterocycles. The van der Waals surface area contributed by atoms with Gasteiger partial charge < -0.3 is 10.4 Å². The minimum atomic E-state index is -1.03. The van der Waals surface area contributed by atoms with Gasteiger partial charge in [-0.1, -0.05) is 27.2 Å². The third kappa shape index (κ3) is 4.19. The van der Waals surface area contributed by atoms with Gasteiger partial charge >= 0.3 is 12.0 Å². The number of hydrogen-bond acceptors (Lipinski definition) is 4. The topological polar surface area (TPSA) is 91.3 Å². The number of carbonyl (C=O) groups is 2. The number of amides is 2. The van der Waals surface area contributed by atoms with Crippen LogP contribution in [0.15, 0.2) is 0 Å².